The van der Waals surface area contributed by atoms with E-state index in [0.29, 0.717) is 0 Å². The third kappa shape index (κ3) is 4.62. The maximum atomic E-state index is 5.92. The van der Waals surface area contributed by atoms with Crippen LogP contribution in [0.2, 0.25) is 5.02 Å². The van der Waals surface area contributed by atoms with E-state index in [2.05, 4.69) is 9.88 Å². The smallest absolute Gasteiger partial charge is 0.0594 e. The van der Waals surface area contributed by atoms with Gasteiger partial charge in [-0.3, -0.25) is 9.88 Å². The molecule has 2 heterocycles. The van der Waals surface area contributed by atoms with Gasteiger partial charge in [-0.25, -0.2) is 0 Å². The lowest BCUT2D eigenvalue weighted by atomic mass is 10.1. The van der Waals surface area contributed by atoms with E-state index in [1.807, 2.05) is 12.1 Å². The maximum absolute atomic E-state index is 5.92. The zero-order valence-corrected chi connectivity index (χ0v) is 10.8. The van der Waals surface area contributed by atoms with Crippen molar-refractivity contribution in [1.29, 1.82) is 0 Å². The van der Waals surface area contributed by atoms with Gasteiger partial charge in [-0.2, -0.15) is 0 Å². The van der Waals surface area contributed by atoms with Crippen LogP contribution in [0.5, 0.6) is 0 Å². The van der Waals surface area contributed by atoms with E-state index in [9.17, 15) is 0 Å². The molecule has 0 atom stereocenters. The molecule has 3 nitrogen and oxygen atoms in total. The number of rotatable bonds is 5. The number of pyridine rings is 1. The lowest BCUT2D eigenvalue weighted by Gasteiger charge is -2.26. The zero-order valence-electron chi connectivity index (χ0n) is 10.1. The van der Waals surface area contributed by atoms with Crippen LogP contribution in [-0.4, -0.2) is 42.7 Å². The van der Waals surface area contributed by atoms with Crippen molar-refractivity contribution < 1.29 is 4.74 Å². The van der Waals surface area contributed by atoms with Gasteiger partial charge in [0.05, 0.1) is 13.2 Å². The summed E-state index contributed by atoms with van der Waals surface area (Å²) in [4.78, 5) is 6.77. The van der Waals surface area contributed by atoms with Crippen molar-refractivity contribution in [3.8, 4) is 0 Å². The van der Waals surface area contributed by atoms with Gasteiger partial charge < -0.3 is 4.74 Å². The molecule has 1 fully saturated rings. The molecule has 0 unspecified atom stereocenters. The monoisotopic (exact) mass is 254 g/mol. The average Bonchev–Trinajstić information content (AvgIpc) is 2.36. The Kier molecular flexibility index (Phi) is 5.23. The summed E-state index contributed by atoms with van der Waals surface area (Å²) >= 11 is 5.92. The Morgan fingerprint density at radius 2 is 2.12 bits per heavy atom. The van der Waals surface area contributed by atoms with Crippen LogP contribution in [0.15, 0.2) is 18.3 Å². The fourth-order valence-corrected chi connectivity index (χ4v) is 2.23. The third-order valence-electron chi connectivity index (χ3n) is 3.04. The molecule has 94 valence electrons. The van der Waals surface area contributed by atoms with E-state index in [1.165, 1.54) is 19.4 Å². The van der Waals surface area contributed by atoms with E-state index in [-0.39, 0.29) is 0 Å². The first-order valence-corrected chi connectivity index (χ1v) is 6.63. The molecule has 1 aliphatic heterocycles. The molecule has 0 aliphatic carbocycles. The minimum absolute atomic E-state index is 0.781. The van der Waals surface area contributed by atoms with Crippen LogP contribution >= 0.6 is 11.6 Å². The van der Waals surface area contributed by atoms with Crippen molar-refractivity contribution in [2.24, 2.45) is 0 Å². The van der Waals surface area contributed by atoms with Crippen LogP contribution in [0.4, 0.5) is 0 Å². The Balaban J connectivity index is 1.62. The largest absolute Gasteiger partial charge is 0.379 e. The second kappa shape index (κ2) is 6.94. The number of halogens is 1. The van der Waals surface area contributed by atoms with Crippen LogP contribution in [-0.2, 0) is 11.2 Å². The molecule has 2 rings (SSSR count). The highest BCUT2D eigenvalue weighted by molar-refractivity contribution is 6.30. The molecule has 0 saturated carbocycles. The third-order valence-corrected chi connectivity index (χ3v) is 3.27. The summed E-state index contributed by atoms with van der Waals surface area (Å²) in [7, 11) is 0. The lowest BCUT2D eigenvalue weighted by molar-refractivity contribution is 0.0372. The Bertz CT molecular complexity index is 340. The van der Waals surface area contributed by atoms with Crippen molar-refractivity contribution in [3.05, 3.63) is 29.0 Å². The van der Waals surface area contributed by atoms with Gasteiger partial charge in [0.2, 0.25) is 0 Å². The van der Waals surface area contributed by atoms with Gasteiger partial charge in [-0.15, -0.1) is 0 Å². The number of nitrogens with zero attached hydrogens (tertiary/aromatic N) is 2. The molecule has 17 heavy (non-hydrogen) atoms. The van der Waals surface area contributed by atoms with Crippen molar-refractivity contribution in [3.63, 3.8) is 0 Å². The van der Waals surface area contributed by atoms with Gasteiger partial charge in [0.1, 0.15) is 0 Å². The van der Waals surface area contributed by atoms with Crippen LogP contribution in [0, 0.1) is 0 Å². The van der Waals surface area contributed by atoms with Gasteiger partial charge in [-0.05, 0) is 37.9 Å². The fraction of sp³-hybridized carbons (Fsp3) is 0.615. The van der Waals surface area contributed by atoms with E-state index in [4.69, 9.17) is 16.3 Å². The fourth-order valence-electron chi connectivity index (χ4n) is 2.05. The average molecular weight is 255 g/mol. The molecule has 1 saturated heterocycles. The minimum atomic E-state index is 0.781. The summed E-state index contributed by atoms with van der Waals surface area (Å²) in [6.45, 7) is 5.10. The number of aromatic nitrogens is 1. The highest BCUT2D eigenvalue weighted by atomic mass is 35.5. The molecule has 0 aromatic carbocycles. The summed E-state index contributed by atoms with van der Waals surface area (Å²) in [6.07, 6.45) is 5.18. The predicted molar refractivity (Wildman–Crippen MR) is 69.4 cm³/mol. The van der Waals surface area contributed by atoms with E-state index in [0.717, 1.165) is 43.4 Å². The van der Waals surface area contributed by atoms with Gasteiger partial charge in [0.15, 0.2) is 0 Å². The molecule has 1 aliphatic rings. The molecular formula is C13H19ClN2O. The van der Waals surface area contributed by atoms with Crippen LogP contribution in [0.1, 0.15) is 18.5 Å². The highest BCUT2D eigenvalue weighted by Crippen LogP contribution is 2.10. The van der Waals surface area contributed by atoms with Crippen molar-refractivity contribution >= 4 is 11.6 Å². The number of hydrogen-bond donors (Lipinski definition) is 0. The zero-order chi connectivity index (χ0) is 11.9. The lowest BCUT2D eigenvalue weighted by Crippen LogP contribution is -2.36. The van der Waals surface area contributed by atoms with Gasteiger partial charge in [0.25, 0.3) is 0 Å². The van der Waals surface area contributed by atoms with Crippen LogP contribution < -0.4 is 0 Å². The number of aryl methyl sites for hydroxylation is 1. The molecule has 0 bridgehead atoms. The number of hydrogen-bond acceptors (Lipinski definition) is 3. The first kappa shape index (κ1) is 12.8. The SMILES string of the molecule is Clc1ccnc(CCCCN2CCOCC2)c1. The van der Waals surface area contributed by atoms with Crippen LogP contribution in [0.25, 0.3) is 0 Å². The normalized spacial score (nSPS) is 17.2. The van der Waals surface area contributed by atoms with Gasteiger partial charge >= 0.3 is 0 Å². The number of ether oxygens (including phenoxy) is 1. The number of morpholine rings is 1. The van der Waals surface area contributed by atoms with Crippen molar-refractivity contribution in [1.82, 2.24) is 9.88 Å². The Morgan fingerprint density at radius 3 is 2.88 bits per heavy atom. The Labute approximate surface area is 108 Å². The molecular weight excluding hydrogens is 236 g/mol. The summed E-state index contributed by atoms with van der Waals surface area (Å²) in [5.41, 5.74) is 1.10. The quantitative estimate of drug-likeness (QED) is 0.755. The van der Waals surface area contributed by atoms with E-state index < -0.39 is 0 Å². The summed E-state index contributed by atoms with van der Waals surface area (Å²) in [5.74, 6) is 0. The second-order valence-electron chi connectivity index (χ2n) is 4.38. The van der Waals surface area contributed by atoms with Crippen LogP contribution in [0.3, 0.4) is 0 Å². The summed E-state index contributed by atoms with van der Waals surface area (Å²) in [5, 5.41) is 0.781. The first-order chi connectivity index (χ1) is 8.34. The highest BCUT2D eigenvalue weighted by Gasteiger charge is 2.09. The van der Waals surface area contributed by atoms with E-state index >= 15 is 0 Å². The van der Waals surface area contributed by atoms with Crippen molar-refractivity contribution in [2.45, 2.75) is 19.3 Å². The minimum Gasteiger partial charge on any atom is -0.379 e. The molecule has 1 aromatic heterocycles. The molecule has 1 aromatic rings. The molecule has 4 heteroatoms. The summed E-state index contributed by atoms with van der Waals surface area (Å²) in [6, 6.07) is 3.77. The molecule has 0 N–H and O–H groups in total. The summed E-state index contributed by atoms with van der Waals surface area (Å²) < 4.78 is 5.32. The first-order valence-electron chi connectivity index (χ1n) is 6.25. The van der Waals surface area contributed by atoms with Gasteiger partial charge in [-0.1, -0.05) is 11.6 Å². The predicted octanol–water partition coefficient (Wildman–Crippen LogP) is 2.39. The standard InChI is InChI=1S/C13H19ClN2O/c14-12-4-5-15-13(11-12)3-1-2-6-16-7-9-17-10-8-16/h4-5,11H,1-3,6-10H2. The Morgan fingerprint density at radius 1 is 1.29 bits per heavy atom. The maximum Gasteiger partial charge on any atom is 0.0594 e. The molecule has 0 radical (unpaired) electrons. The number of unbranched alkanes of at least 4 members (excludes halogenated alkanes) is 1. The topological polar surface area (TPSA) is 25.4 Å². The van der Waals surface area contributed by atoms with E-state index in [1.54, 1.807) is 6.20 Å². The van der Waals surface area contributed by atoms with Crippen molar-refractivity contribution in [2.75, 3.05) is 32.8 Å². The molecule has 0 amide bonds. The second-order valence-corrected chi connectivity index (χ2v) is 4.81. The molecule has 0 spiro atoms. The van der Waals surface area contributed by atoms with Gasteiger partial charge in [0, 0.05) is 30.0 Å². The Hall–Kier alpha value is -0.640.